The highest BCUT2D eigenvalue weighted by atomic mass is 15.2. The molecule has 2 unspecified atom stereocenters. The predicted molar refractivity (Wildman–Crippen MR) is 81.9 cm³/mol. The zero-order valence-corrected chi connectivity index (χ0v) is 12.5. The van der Waals surface area contributed by atoms with E-state index in [1.54, 1.807) is 0 Å². The smallest absolute Gasteiger partial charge is 0.274 e. The van der Waals surface area contributed by atoms with E-state index in [2.05, 4.69) is 61.0 Å². The van der Waals surface area contributed by atoms with Gasteiger partial charge in [0.15, 0.2) is 0 Å². The third kappa shape index (κ3) is 3.37. The lowest BCUT2D eigenvalue weighted by molar-refractivity contribution is -0.606. The summed E-state index contributed by atoms with van der Waals surface area (Å²) in [4.78, 5) is 0. The Labute approximate surface area is 117 Å². The third-order valence-corrected chi connectivity index (χ3v) is 4.04. The summed E-state index contributed by atoms with van der Waals surface area (Å²) >= 11 is 0. The Balaban J connectivity index is 2.40. The Morgan fingerprint density at radius 2 is 1.79 bits per heavy atom. The minimum atomic E-state index is 0.628. The summed E-state index contributed by atoms with van der Waals surface area (Å²) in [7, 11) is 0. The van der Waals surface area contributed by atoms with Gasteiger partial charge in [0.05, 0.1) is 24.2 Å². The van der Waals surface area contributed by atoms with Crippen LogP contribution in [0.3, 0.4) is 0 Å². The molecule has 1 heterocycles. The molecule has 2 heteroatoms. The maximum atomic E-state index is 3.66. The van der Waals surface area contributed by atoms with E-state index in [0.29, 0.717) is 12.1 Å². The number of nitrogens with zero attached hydrogens (tertiary/aromatic N) is 1. The van der Waals surface area contributed by atoms with Gasteiger partial charge in [-0.15, -0.1) is 0 Å². The first-order valence-electron chi connectivity index (χ1n) is 7.68. The van der Waals surface area contributed by atoms with Crippen molar-refractivity contribution in [3.63, 3.8) is 0 Å². The normalized spacial score (nSPS) is 23.2. The number of benzene rings is 1. The molecule has 2 atom stereocenters. The summed E-state index contributed by atoms with van der Waals surface area (Å²) in [5.41, 5.74) is 1.32. The van der Waals surface area contributed by atoms with E-state index in [1.807, 2.05) is 0 Å². The van der Waals surface area contributed by atoms with Crippen molar-refractivity contribution in [3.8, 4) is 0 Å². The molecule has 1 aromatic carbocycles. The van der Waals surface area contributed by atoms with Crippen molar-refractivity contribution >= 4 is 5.84 Å². The minimum absolute atomic E-state index is 0.628. The third-order valence-electron chi connectivity index (χ3n) is 4.04. The lowest BCUT2D eigenvalue weighted by atomic mass is 9.98. The van der Waals surface area contributed by atoms with Crippen molar-refractivity contribution in [2.75, 3.05) is 6.54 Å². The predicted octanol–water partition coefficient (Wildman–Crippen LogP) is 3.41. The van der Waals surface area contributed by atoms with Crippen molar-refractivity contribution in [1.29, 1.82) is 0 Å². The van der Waals surface area contributed by atoms with E-state index in [9.17, 15) is 0 Å². The van der Waals surface area contributed by atoms with Crippen LogP contribution < -0.4 is 5.32 Å². The molecule has 2 nitrogen and oxygen atoms in total. The van der Waals surface area contributed by atoms with Crippen LogP contribution in [0.25, 0.3) is 0 Å². The van der Waals surface area contributed by atoms with E-state index in [-0.39, 0.29) is 0 Å². The Morgan fingerprint density at radius 3 is 2.37 bits per heavy atom. The molecule has 1 saturated heterocycles. The second-order valence-electron chi connectivity index (χ2n) is 5.68. The Morgan fingerprint density at radius 1 is 1.16 bits per heavy atom. The van der Waals surface area contributed by atoms with Crippen LogP contribution in [0, 0.1) is 0 Å². The quantitative estimate of drug-likeness (QED) is 0.649. The van der Waals surface area contributed by atoms with Gasteiger partial charge in [0, 0.05) is 0 Å². The van der Waals surface area contributed by atoms with Gasteiger partial charge in [0.25, 0.3) is 5.84 Å². The highest BCUT2D eigenvalue weighted by molar-refractivity contribution is 5.95. The van der Waals surface area contributed by atoms with Gasteiger partial charge in [-0.25, -0.2) is 0 Å². The van der Waals surface area contributed by atoms with Gasteiger partial charge >= 0.3 is 0 Å². The van der Waals surface area contributed by atoms with Crippen molar-refractivity contribution in [2.24, 2.45) is 0 Å². The molecule has 0 aromatic heterocycles. The van der Waals surface area contributed by atoms with Crippen molar-refractivity contribution in [2.45, 2.75) is 58.5 Å². The molecule has 1 N–H and O–H groups in total. The molecule has 1 aliphatic rings. The van der Waals surface area contributed by atoms with E-state index < -0.39 is 0 Å². The average molecular weight is 259 g/mol. The molecule has 2 rings (SSSR count). The van der Waals surface area contributed by atoms with Gasteiger partial charge < -0.3 is 0 Å². The minimum Gasteiger partial charge on any atom is -0.274 e. The molecule has 0 aliphatic carbocycles. The maximum Gasteiger partial charge on any atom is 0.277 e. The van der Waals surface area contributed by atoms with Crippen molar-refractivity contribution in [3.05, 3.63) is 35.9 Å². The standard InChI is InChI=1S/C17H26N2/c1-4-13-18-17(16-11-6-5-7-12-16)19-14(2)9-8-10-15(19)3/h5-7,11-12,14-15H,4,8-10,13H2,1-3H3/p+1. The fourth-order valence-corrected chi connectivity index (χ4v) is 3.04. The molecule has 0 amide bonds. The zero-order valence-electron chi connectivity index (χ0n) is 12.5. The topological polar surface area (TPSA) is 15.0 Å². The number of hydrogen-bond acceptors (Lipinski definition) is 0. The maximum absolute atomic E-state index is 3.66. The number of hydrogen-bond donors (Lipinski definition) is 1. The summed E-state index contributed by atoms with van der Waals surface area (Å²) in [6.07, 6.45) is 5.12. The highest BCUT2D eigenvalue weighted by Crippen LogP contribution is 2.19. The van der Waals surface area contributed by atoms with E-state index >= 15 is 0 Å². The molecular formula is C17H27N2+. The van der Waals surface area contributed by atoms with Gasteiger partial charge in [-0.1, -0.05) is 25.1 Å². The van der Waals surface area contributed by atoms with Crippen LogP contribution >= 0.6 is 0 Å². The first-order chi connectivity index (χ1) is 9.24. The van der Waals surface area contributed by atoms with E-state index in [1.165, 1.54) is 30.7 Å². The first-order valence-corrected chi connectivity index (χ1v) is 7.68. The Hall–Kier alpha value is -1.31. The van der Waals surface area contributed by atoms with E-state index in [4.69, 9.17) is 0 Å². The monoisotopic (exact) mass is 259 g/mol. The molecule has 104 valence electrons. The van der Waals surface area contributed by atoms with Gasteiger partial charge in [-0.05, 0) is 51.7 Å². The van der Waals surface area contributed by atoms with Crippen LogP contribution in [-0.4, -0.2) is 29.0 Å². The van der Waals surface area contributed by atoms with Gasteiger partial charge in [0.2, 0.25) is 0 Å². The molecule has 1 fully saturated rings. The average Bonchev–Trinajstić information content (AvgIpc) is 2.43. The van der Waals surface area contributed by atoms with Crippen LogP contribution in [0.5, 0.6) is 0 Å². The lowest BCUT2D eigenvalue weighted by Crippen LogP contribution is -2.45. The van der Waals surface area contributed by atoms with Gasteiger partial charge in [-0.2, -0.15) is 0 Å². The molecule has 0 saturated carbocycles. The molecule has 0 bridgehead atoms. The molecule has 1 aromatic rings. The van der Waals surface area contributed by atoms with Crippen molar-refractivity contribution in [1.82, 2.24) is 5.32 Å². The van der Waals surface area contributed by atoms with Crippen LogP contribution in [0.2, 0.25) is 0 Å². The van der Waals surface area contributed by atoms with Gasteiger partial charge in [0.1, 0.15) is 0 Å². The molecule has 1 aliphatic heterocycles. The molecular weight excluding hydrogens is 232 g/mol. The number of amidine groups is 1. The zero-order chi connectivity index (χ0) is 13.7. The molecule has 0 radical (unpaired) electrons. The van der Waals surface area contributed by atoms with Gasteiger partial charge in [-0.3, -0.25) is 9.89 Å². The van der Waals surface area contributed by atoms with E-state index in [0.717, 1.165) is 13.0 Å². The number of nitrogens with one attached hydrogen (secondary N) is 1. The SMILES string of the molecule is CCCNC(c1ccccc1)=[N+]1C(C)CCCC1C. The highest BCUT2D eigenvalue weighted by Gasteiger charge is 2.28. The fourth-order valence-electron chi connectivity index (χ4n) is 3.04. The Bertz CT molecular complexity index is 410. The van der Waals surface area contributed by atoms with Crippen LogP contribution in [0.1, 0.15) is 52.0 Å². The Kier molecular flexibility index (Phi) is 5.00. The summed E-state index contributed by atoms with van der Waals surface area (Å²) in [6.45, 7) is 7.97. The van der Waals surface area contributed by atoms with Crippen molar-refractivity contribution < 1.29 is 4.58 Å². The lowest BCUT2D eigenvalue weighted by Gasteiger charge is -2.29. The van der Waals surface area contributed by atoms with Crippen LogP contribution in [0.15, 0.2) is 30.3 Å². The van der Waals surface area contributed by atoms with Crippen LogP contribution in [0.4, 0.5) is 0 Å². The largest absolute Gasteiger partial charge is 0.277 e. The molecule has 19 heavy (non-hydrogen) atoms. The summed E-state index contributed by atoms with van der Waals surface area (Å²) in [5, 5.41) is 3.66. The molecule has 0 spiro atoms. The second kappa shape index (κ2) is 6.74. The second-order valence-corrected chi connectivity index (χ2v) is 5.68. The number of piperidine rings is 1. The summed E-state index contributed by atoms with van der Waals surface area (Å²) < 4.78 is 2.59. The fraction of sp³-hybridized carbons (Fsp3) is 0.588. The summed E-state index contributed by atoms with van der Waals surface area (Å²) in [5.74, 6) is 1.32. The summed E-state index contributed by atoms with van der Waals surface area (Å²) in [6, 6.07) is 12.0. The number of rotatable bonds is 3. The first kappa shape index (κ1) is 14.1. The van der Waals surface area contributed by atoms with Crippen LogP contribution in [-0.2, 0) is 0 Å².